The normalized spacial score (nSPS) is 10.4. The number of hydrogen-bond donors (Lipinski definition) is 5. The van der Waals surface area contributed by atoms with Gasteiger partial charge in [0.1, 0.15) is 11.6 Å². The van der Waals surface area contributed by atoms with Gasteiger partial charge in [-0.15, -0.1) is 0 Å². The molecular weight excluding hydrogens is 616 g/mol. The standard InChI is InChI=1S/C19H14N4O.C14H9NO2.C5H7N3/c24-19(23-22-17-11-5-6-12-20-17)18-13-7-1-3-9-15(13)21-16-10-4-2-8-14(16)18;16-14(17)13-9-5-1-3-7-11(9)15-12-8-4-2-6-10(12)13;6-8-5-3-1-2-4-7-5/h1-12H,(H,20,22)(H,23,24);1-8H,(H,16,17);1-4H,6H2,(H,7,8). The van der Waals surface area contributed by atoms with Gasteiger partial charge in [-0.1, -0.05) is 84.9 Å². The Balaban J connectivity index is 0.000000144. The molecule has 8 rings (SSSR count). The van der Waals surface area contributed by atoms with E-state index >= 15 is 0 Å². The molecule has 0 aliphatic rings. The molecule has 0 atom stereocenters. The zero-order valence-corrected chi connectivity index (χ0v) is 26.0. The molecule has 0 saturated carbocycles. The summed E-state index contributed by atoms with van der Waals surface area (Å²) < 4.78 is 0. The molecule has 0 aliphatic heterocycles. The van der Waals surface area contributed by atoms with Crippen molar-refractivity contribution in [3.05, 3.63) is 157 Å². The van der Waals surface area contributed by atoms with Crippen LogP contribution in [0.3, 0.4) is 0 Å². The van der Waals surface area contributed by atoms with Gasteiger partial charge in [-0.25, -0.2) is 30.6 Å². The molecule has 8 aromatic rings. The lowest BCUT2D eigenvalue weighted by Crippen LogP contribution is -2.30. The number of aromatic carboxylic acids is 1. The quantitative estimate of drug-likeness (QED) is 0.0746. The van der Waals surface area contributed by atoms with Crippen LogP contribution in [0.2, 0.25) is 0 Å². The Labute approximate surface area is 280 Å². The number of amides is 1. The average molecular weight is 647 g/mol. The van der Waals surface area contributed by atoms with Gasteiger partial charge in [0.25, 0.3) is 5.91 Å². The Hall–Kier alpha value is -6.98. The van der Waals surface area contributed by atoms with Crippen LogP contribution in [0, 0.1) is 0 Å². The molecule has 0 aliphatic carbocycles. The van der Waals surface area contributed by atoms with Crippen LogP contribution in [-0.2, 0) is 0 Å². The Kier molecular flexibility index (Phi) is 9.84. The molecule has 4 heterocycles. The Morgan fingerprint density at radius 3 is 1.27 bits per heavy atom. The van der Waals surface area contributed by atoms with Crippen LogP contribution in [0.5, 0.6) is 0 Å². The summed E-state index contributed by atoms with van der Waals surface area (Å²) in [6.07, 6.45) is 3.33. The van der Waals surface area contributed by atoms with E-state index in [2.05, 4.69) is 36.2 Å². The maximum Gasteiger partial charge on any atom is 0.337 e. The Morgan fingerprint density at radius 2 is 0.898 bits per heavy atom. The number of anilines is 2. The van der Waals surface area contributed by atoms with Crippen molar-refractivity contribution in [2.24, 2.45) is 5.84 Å². The van der Waals surface area contributed by atoms with E-state index in [0.717, 1.165) is 21.8 Å². The number of fused-ring (bicyclic) bond motifs is 4. The number of rotatable bonds is 5. The number of nitrogens with zero attached hydrogens (tertiary/aromatic N) is 4. The van der Waals surface area contributed by atoms with Crippen LogP contribution in [0.4, 0.5) is 11.6 Å². The number of hydrogen-bond acceptors (Lipinski definition) is 9. The molecule has 11 nitrogen and oxygen atoms in total. The average Bonchev–Trinajstić information content (AvgIpc) is 3.16. The minimum atomic E-state index is -0.917. The van der Waals surface area contributed by atoms with Crippen molar-refractivity contribution < 1.29 is 14.7 Å². The van der Waals surface area contributed by atoms with Crippen molar-refractivity contribution in [3.8, 4) is 0 Å². The second-order valence-electron chi connectivity index (χ2n) is 10.5. The van der Waals surface area contributed by atoms with Crippen molar-refractivity contribution in [1.82, 2.24) is 25.4 Å². The summed E-state index contributed by atoms with van der Waals surface area (Å²) in [5.41, 5.74) is 11.9. The predicted octanol–water partition coefficient (Wildman–Crippen LogP) is 6.99. The zero-order valence-electron chi connectivity index (χ0n) is 26.0. The second-order valence-corrected chi connectivity index (χ2v) is 10.5. The summed E-state index contributed by atoms with van der Waals surface area (Å²) in [5.74, 6) is 5.16. The summed E-state index contributed by atoms with van der Waals surface area (Å²) in [4.78, 5) is 41.3. The molecule has 0 radical (unpaired) electrons. The molecule has 6 N–H and O–H groups in total. The van der Waals surface area contributed by atoms with E-state index < -0.39 is 5.97 Å². The van der Waals surface area contributed by atoms with Crippen molar-refractivity contribution in [1.29, 1.82) is 0 Å². The lowest BCUT2D eigenvalue weighted by Gasteiger charge is -2.12. The second kappa shape index (κ2) is 15.1. The van der Waals surface area contributed by atoms with E-state index in [1.165, 1.54) is 0 Å². The number of nitrogens with one attached hydrogen (secondary N) is 3. The molecule has 0 spiro atoms. The van der Waals surface area contributed by atoms with E-state index in [0.29, 0.717) is 44.6 Å². The number of nitrogen functional groups attached to an aromatic ring is 1. The molecule has 0 unspecified atom stereocenters. The third-order valence-electron chi connectivity index (χ3n) is 7.40. The van der Waals surface area contributed by atoms with Gasteiger partial charge in [0.2, 0.25) is 0 Å². The van der Waals surface area contributed by atoms with Crippen LogP contribution in [0.15, 0.2) is 146 Å². The van der Waals surface area contributed by atoms with Gasteiger partial charge in [-0.3, -0.25) is 15.6 Å². The highest BCUT2D eigenvalue weighted by Gasteiger charge is 2.16. The number of benzene rings is 4. The molecule has 240 valence electrons. The van der Waals surface area contributed by atoms with E-state index in [-0.39, 0.29) is 5.91 Å². The fourth-order valence-corrected chi connectivity index (χ4v) is 5.22. The smallest absolute Gasteiger partial charge is 0.337 e. The number of aromatic nitrogens is 4. The van der Waals surface area contributed by atoms with Crippen LogP contribution >= 0.6 is 0 Å². The van der Waals surface area contributed by atoms with Crippen molar-refractivity contribution in [3.63, 3.8) is 0 Å². The monoisotopic (exact) mass is 646 g/mol. The van der Waals surface area contributed by atoms with Gasteiger partial charge in [0, 0.05) is 33.9 Å². The number of nitrogens with two attached hydrogens (primary N) is 1. The summed E-state index contributed by atoms with van der Waals surface area (Å²) >= 11 is 0. The number of carbonyl (C=O) groups is 2. The number of carbonyl (C=O) groups excluding carboxylic acids is 1. The molecule has 4 aromatic carbocycles. The SMILES string of the molecule is NNc1ccccn1.O=C(NNc1ccccn1)c1c2ccccc2nc2ccccc12.O=C(O)c1c2ccccc2nc2ccccc12. The summed E-state index contributed by atoms with van der Waals surface area (Å²) in [5, 5.41) is 12.3. The summed E-state index contributed by atoms with van der Waals surface area (Å²) in [6.45, 7) is 0. The number of hydrazine groups is 2. The van der Waals surface area contributed by atoms with Crippen LogP contribution in [-0.4, -0.2) is 36.9 Å². The molecule has 49 heavy (non-hydrogen) atoms. The van der Waals surface area contributed by atoms with Crippen molar-refractivity contribution in [2.75, 3.05) is 10.9 Å². The summed E-state index contributed by atoms with van der Waals surface area (Å²) in [7, 11) is 0. The fraction of sp³-hybridized carbons (Fsp3) is 0. The minimum absolute atomic E-state index is 0.226. The molecule has 0 saturated heterocycles. The van der Waals surface area contributed by atoms with Gasteiger partial charge >= 0.3 is 5.97 Å². The van der Waals surface area contributed by atoms with E-state index in [1.807, 2.05) is 109 Å². The first-order valence-electron chi connectivity index (χ1n) is 15.2. The third-order valence-corrected chi connectivity index (χ3v) is 7.40. The van der Waals surface area contributed by atoms with Crippen molar-refractivity contribution >= 4 is 67.1 Å². The topological polar surface area (TPSA) is 168 Å². The lowest BCUT2D eigenvalue weighted by molar-refractivity contribution is 0.0700. The maximum absolute atomic E-state index is 12.8. The first kappa shape index (κ1) is 32.0. The molecule has 1 amide bonds. The van der Waals surface area contributed by atoms with Gasteiger partial charge in [0.05, 0.1) is 33.2 Å². The highest BCUT2D eigenvalue weighted by Crippen LogP contribution is 2.27. The zero-order chi connectivity index (χ0) is 34.0. The summed E-state index contributed by atoms with van der Waals surface area (Å²) in [6, 6.07) is 40.8. The van der Waals surface area contributed by atoms with Crippen LogP contribution in [0.1, 0.15) is 20.7 Å². The van der Waals surface area contributed by atoms with E-state index in [9.17, 15) is 14.7 Å². The highest BCUT2D eigenvalue weighted by molar-refractivity contribution is 6.16. The predicted molar refractivity (Wildman–Crippen MR) is 193 cm³/mol. The highest BCUT2D eigenvalue weighted by atomic mass is 16.4. The molecule has 0 fully saturated rings. The number of carboxylic acid groups (broad SMARTS) is 1. The first-order valence-corrected chi connectivity index (χ1v) is 15.2. The largest absolute Gasteiger partial charge is 0.478 e. The Morgan fingerprint density at radius 1 is 0.510 bits per heavy atom. The maximum atomic E-state index is 12.8. The van der Waals surface area contributed by atoms with E-state index in [4.69, 9.17) is 5.84 Å². The number of pyridine rings is 4. The van der Waals surface area contributed by atoms with Crippen LogP contribution < -0.4 is 22.1 Å². The van der Waals surface area contributed by atoms with Gasteiger partial charge < -0.3 is 10.5 Å². The van der Waals surface area contributed by atoms with Crippen LogP contribution in [0.25, 0.3) is 43.6 Å². The lowest BCUT2D eigenvalue weighted by atomic mass is 10.0. The number of carboxylic acids is 1. The third kappa shape index (κ3) is 7.38. The van der Waals surface area contributed by atoms with Gasteiger partial charge in [0.15, 0.2) is 0 Å². The molecule has 0 bridgehead atoms. The van der Waals surface area contributed by atoms with E-state index in [1.54, 1.807) is 36.7 Å². The Bertz CT molecular complexity index is 2280. The fourth-order valence-electron chi connectivity index (χ4n) is 5.22. The van der Waals surface area contributed by atoms with Gasteiger partial charge in [-0.05, 0) is 48.5 Å². The van der Waals surface area contributed by atoms with Crippen molar-refractivity contribution in [2.45, 2.75) is 0 Å². The minimum Gasteiger partial charge on any atom is -0.478 e. The molecule has 4 aromatic heterocycles. The van der Waals surface area contributed by atoms with Gasteiger partial charge in [-0.2, -0.15) is 0 Å². The first-order chi connectivity index (χ1) is 24.0. The molecular formula is C38H30N8O3. The molecule has 11 heteroatoms. The number of para-hydroxylation sites is 4.